The van der Waals surface area contributed by atoms with Gasteiger partial charge in [-0.2, -0.15) is 0 Å². The Balaban J connectivity index is 1.67. The Kier molecular flexibility index (Phi) is 4.44. The summed E-state index contributed by atoms with van der Waals surface area (Å²) in [4.78, 5) is 9.51. The molecule has 0 saturated heterocycles. The van der Waals surface area contributed by atoms with Crippen LogP contribution in [-0.4, -0.2) is 24.6 Å². The fraction of sp³-hybridized carbons (Fsp3) is 0.0833. The zero-order chi connectivity index (χ0) is 20.5. The van der Waals surface area contributed by atoms with E-state index in [4.69, 9.17) is 9.40 Å². The zero-order valence-electron chi connectivity index (χ0n) is 16.1. The van der Waals surface area contributed by atoms with E-state index in [-0.39, 0.29) is 11.6 Å². The number of furan rings is 1. The molecule has 0 saturated carbocycles. The fourth-order valence-electron chi connectivity index (χ4n) is 3.55. The van der Waals surface area contributed by atoms with Crippen molar-refractivity contribution in [2.45, 2.75) is 12.8 Å². The molecular weight excluding hydrogens is 378 g/mol. The molecule has 30 heavy (non-hydrogen) atoms. The number of aromatic nitrogens is 3. The maximum atomic E-state index is 10.9. The highest BCUT2D eigenvalue weighted by molar-refractivity contribution is 5.64. The van der Waals surface area contributed by atoms with Crippen LogP contribution >= 0.6 is 0 Å². The summed E-state index contributed by atoms with van der Waals surface area (Å²) in [5.74, 6) is 0.936. The van der Waals surface area contributed by atoms with Gasteiger partial charge in [0.1, 0.15) is 17.2 Å². The van der Waals surface area contributed by atoms with Crippen LogP contribution in [0, 0.1) is 0 Å². The third-order valence-electron chi connectivity index (χ3n) is 5.00. The molecule has 3 aromatic heterocycles. The summed E-state index contributed by atoms with van der Waals surface area (Å²) >= 11 is 0. The van der Waals surface area contributed by atoms with Crippen LogP contribution in [0.4, 0.5) is 0 Å². The zero-order valence-corrected chi connectivity index (χ0v) is 16.1. The minimum absolute atomic E-state index is 0.0551. The van der Waals surface area contributed by atoms with Gasteiger partial charge in [-0.1, -0.05) is 42.5 Å². The molecule has 6 heteroatoms. The smallest absolute Gasteiger partial charge is 0.219 e. The van der Waals surface area contributed by atoms with E-state index < -0.39 is 0 Å². The Hall–Kier alpha value is -4.06. The number of imidazole rings is 1. The third kappa shape index (κ3) is 3.39. The quantitative estimate of drug-likeness (QED) is 0.453. The molecule has 0 unspecified atom stereocenters. The first-order valence-electron chi connectivity index (χ1n) is 9.63. The molecule has 0 spiro atoms. The molecule has 2 aromatic carbocycles. The molecule has 0 amide bonds. The van der Waals surface area contributed by atoms with Gasteiger partial charge in [-0.3, -0.25) is 4.40 Å². The van der Waals surface area contributed by atoms with Crippen LogP contribution < -0.4 is 0 Å². The lowest BCUT2D eigenvalue weighted by atomic mass is 10.1. The van der Waals surface area contributed by atoms with Crippen molar-refractivity contribution in [1.82, 2.24) is 14.4 Å². The van der Waals surface area contributed by atoms with E-state index in [9.17, 15) is 10.2 Å². The molecule has 5 aromatic rings. The first kappa shape index (κ1) is 18.0. The first-order chi connectivity index (χ1) is 14.7. The molecule has 2 N–H and O–H groups in total. The number of phenols is 1. The summed E-state index contributed by atoms with van der Waals surface area (Å²) in [6.45, 7) is 0. The molecule has 6 nitrogen and oxygen atoms in total. The van der Waals surface area contributed by atoms with Crippen LogP contribution in [0.15, 0.2) is 83.6 Å². The van der Waals surface area contributed by atoms with Gasteiger partial charge in [0.05, 0.1) is 24.1 Å². The van der Waals surface area contributed by atoms with Gasteiger partial charge in [-0.05, 0) is 29.8 Å². The van der Waals surface area contributed by atoms with E-state index in [2.05, 4.69) is 4.98 Å². The summed E-state index contributed by atoms with van der Waals surface area (Å²) in [6, 6.07) is 20.6. The summed E-state index contributed by atoms with van der Waals surface area (Å²) in [6.07, 6.45) is 4.29. The number of phenolic OH excluding ortho intramolecular Hbond substituents is 1. The van der Waals surface area contributed by atoms with Crippen LogP contribution in [0.5, 0.6) is 11.6 Å². The predicted molar refractivity (Wildman–Crippen MR) is 113 cm³/mol. The second-order valence-corrected chi connectivity index (χ2v) is 7.12. The number of hydrogen-bond acceptors (Lipinski definition) is 5. The lowest BCUT2D eigenvalue weighted by molar-refractivity contribution is 0.438. The van der Waals surface area contributed by atoms with Gasteiger partial charge in [0.2, 0.25) is 5.88 Å². The van der Waals surface area contributed by atoms with Crippen molar-refractivity contribution in [3.05, 3.63) is 102 Å². The Bertz CT molecular complexity index is 1310. The van der Waals surface area contributed by atoms with Crippen molar-refractivity contribution < 1.29 is 14.6 Å². The highest BCUT2D eigenvalue weighted by atomic mass is 16.3. The Morgan fingerprint density at radius 3 is 2.47 bits per heavy atom. The van der Waals surface area contributed by atoms with Gasteiger partial charge in [0.25, 0.3) is 0 Å². The average molecular weight is 397 g/mol. The summed E-state index contributed by atoms with van der Waals surface area (Å²) in [5.41, 5.74) is 4.35. The molecule has 0 fully saturated rings. The molecule has 0 bridgehead atoms. The minimum atomic E-state index is 0.0551. The Labute approximate surface area is 172 Å². The number of benzene rings is 2. The SMILES string of the molecule is Oc1cccc(-c2cn3c(O)c(Cc4ccco4)nc3c(Cc3ccccc3)n2)c1. The minimum Gasteiger partial charge on any atom is -0.508 e. The standard InChI is InChI=1S/C24H19N3O3/c28-18-9-4-8-17(13-18)22-15-27-23(20(25-22)12-16-6-2-1-3-7-16)26-21(24(27)29)14-19-10-5-11-30-19/h1-11,13,15,28-29H,12,14H2. The van der Waals surface area contributed by atoms with Crippen molar-refractivity contribution >= 4 is 5.65 Å². The molecule has 5 rings (SSSR count). The van der Waals surface area contributed by atoms with E-state index in [0.717, 1.165) is 22.6 Å². The lowest BCUT2D eigenvalue weighted by Gasteiger charge is -2.09. The largest absolute Gasteiger partial charge is 0.508 e. The first-order valence-corrected chi connectivity index (χ1v) is 9.63. The molecule has 148 valence electrons. The molecular formula is C24H19N3O3. The van der Waals surface area contributed by atoms with Crippen molar-refractivity contribution in [2.24, 2.45) is 0 Å². The fourth-order valence-corrected chi connectivity index (χ4v) is 3.55. The molecule has 0 atom stereocenters. The Morgan fingerprint density at radius 1 is 0.833 bits per heavy atom. The average Bonchev–Trinajstić information content (AvgIpc) is 3.38. The van der Waals surface area contributed by atoms with Gasteiger partial charge in [-0.15, -0.1) is 0 Å². The highest BCUT2D eigenvalue weighted by Gasteiger charge is 2.18. The molecule has 0 radical (unpaired) electrons. The molecule has 0 aliphatic heterocycles. The summed E-state index contributed by atoms with van der Waals surface area (Å²) in [5, 5.41) is 20.8. The maximum Gasteiger partial charge on any atom is 0.219 e. The summed E-state index contributed by atoms with van der Waals surface area (Å²) < 4.78 is 7.07. The van der Waals surface area contributed by atoms with Crippen molar-refractivity contribution in [2.75, 3.05) is 0 Å². The van der Waals surface area contributed by atoms with Crippen LogP contribution in [0.3, 0.4) is 0 Å². The number of rotatable bonds is 5. The highest BCUT2D eigenvalue weighted by Crippen LogP contribution is 2.29. The van der Waals surface area contributed by atoms with E-state index in [0.29, 0.717) is 29.9 Å². The monoisotopic (exact) mass is 397 g/mol. The second-order valence-electron chi connectivity index (χ2n) is 7.12. The van der Waals surface area contributed by atoms with Crippen LogP contribution in [-0.2, 0) is 12.8 Å². The van der Waals surface area contributed by atoms with Crippen molar-refractivity contribution in [3.8, 4) is 22.9 Å². The second kappa shape index (κ2) is 7.40. The normalized spacial score (nSPS) is 11.2. The molecule has 0 aliphatic carbocycles. The van der Waals surface area contributed by atoms with Crippen LogP contribution in [0.1, 0.15) is 22.7 Å². The van der Waals surface area contributed by atoms with Gasteiger partial charge >= 0.3 is 0 Å². The van der Waals surface area contributed by atoms with Gasteiger partial charge in [0.15, 0.2) is 5.65 Å². The van der Waals surface area contributed by atoms with Gasteiger partial charge < -0.3 is 14.6 Å². The molecule has 3 heterocycles. The number of hydrogen-bond donors (Lipinski definition) is 2. The van der Waals surface area contributed by atoms with Gasteiger partial charge in [-0.25, -0.2) is 9.97 Å². The van der Waals surface area contributed by atoms with E-state index in [1.165, 1.54) is 0 Å². The number of aromatic hydroxyl groups is 2. The van der Waals surface area contributed by atoms with E-state index in [1.54, 1.807) is 35.1 Å². The maximum absolute atomic E-state index is 10.9. The third-order valence-corrected chi connectivity index (χ3v) is 5.00. The molecule has 0 aliphatic rings. The van der Waals surface area contributed by atoms with Crippen LogP contribution in [0.2, 0.25) is 0 Å². The van der Waals surface area contributed by atoms with Crippen LogP contribution in [0.25, 0.3) is 16.9 Å². The van der Waals surface area contributed by atoms with E-state index >= 15 is 0 Å². The van der Waals surface area contributed by atoms with E-state index in [1.807, 2.05) is 48.5 Å². The lowest BCUT2D eigenvalue weighted by Crippen LogP contribution is -2.00. The topological polar surface area (TPSA) is 83.8 Å². The number of nitrogens with zero attached hydrogens (tertiary/aromatic N) is 3. The van der Waals surface area contributed by atoms with Crippen molar-refractivity contribution in [3.63, 3.8) is 0 Å². The summed E-state index contributed by atoms with van der Waals surface area (Å²) in [7, 11) is 0. The Morgan fingerprint density at radius 2 is 1.70 bits per heavy atom. The van der Waals surface area contributed by atoms with Crippen molar-refractivity contribution in [1.29, 1.82) is 0 Å². The number of fused-ring (bicyclic) bond motifs is 1. The predicted octanol–water partition coefficient (Wildman–Crippen LogP) is 4.58. The van der Waals surface area contributed by atoms with Gasteiger partial charge in [0, 0.05) is 18.2 Å².